The Morgan fingerprint density at radius 3 is 2.82 bits per heavy atom. The van der Waals surface area contributed by atoms with Gasteiger partial charge >= 0.3 is 0 Å². The molecule has 0 unspecified atom stereocenters. The second kappa shape index (κ2) is 6.86. The topological polar surface area (TPSA) is 35.5 Å². The first-order valence-corrected chi connectivity index (χ1v) is 5.55. The SMILES string of the molecule is C=CCCOCc1cc(C(C)=O)ccc1OC. The van der Waals surface area contributed by atoms with Crippen molar-refractivity contribution in [1.82, 2.24) is 0 Å². The highest BCUT2D eigenvalue weighted by molar-refractivity contribution is 5.94. The number of rotatable bonds is 7. The molecule has 1 rings (SSSR count). The lowest BCUT2D eigenvalue weighted by atomic mass is 10.1. The molecule has 0 aliphatic carbocycles. The Kier molecular flexibility index (Phi) is 5.43. The van der Waals surface area contributed by atoms with Crippen molar-refractivity contribution in [2.75, 3.05) is 13.7 Å². The van der Waals surface area contributed by atoms with Gasteiger partial charge in [-0.25, -0.2) is 0 Å². The van der Waals surface area contributed by atoms with Gasteiger partial charge in [0.25, 0.3) is 0 Å². The van der Waals surface area contributed by atoms with E-state index in [2.05, 4.69) is 6.58 Å². The first-order valence-electron chi connectivity index (χ1n) is 5.55. The summed E-state index contributed by atoms with van der Waals surface area (Å²) in [5.74, 6) is 0.786. The highest BCUT2D eigenvalue weighted by Crippen LogP contribution is 2.21. The van der Waals surface area contributed by atoms with Crippen LogP contribution in [0.25, 0.3) is 0 Å². The van der Waals surface area contributed by atoms with E-state index in [4.69, 9.17) is 9.47 Å². The summed E-state index contributed by atoms with van der Waals surface area (Å²) in [7, 11) is 1.61. The summed E-state index contributed by atoms with van der Waals surface area (Å²) in [6.07, 6.45) is 2.62. The molecule has 0 radical (unpaired) electrons. The summed E-state index contributed by atoms with van der Waals surface area (Å²) in [4.78, 5) is 11.3. The van der Waals surface area contributed by atoms with Gasteiger partial charge in [0, 0.05) is 11.1 Å². The van der Waals surface area contributed by atoms with Crippen LogP contribution in [0.5, 0.6) is 5.75 Å². The van der Waals surface area contributed by atoms with Crippen LogP contribution in [-0.2, 0) is 11.3 Å². The molecule has 17 heavy (non-hydrogen) atoms. The molecule has 0 N–H and O–H groups in total. The summed E-state index contributed by atoms with van der Waals surface area (Å²) in [5.41, 5.74) is 1.57. The van der Waals surface area contributed by atoms with E-state index in [9.17, 15) is 4.79 Å². The normalized spacial score (nSPS) is 10.0. The second-order valence-electron chi connectivity index (χ2n) is 3.71. The lowest BCUT2D eigenvalue weighted by Crippen LogP contribution is -2.00. The number of ether oxygens (including phenoxy) is 2. The molecular formula is C14H18O3. The van der Waals surface area contributed by atoms with Crippen molar-refractivity contribution in [3.05, 3.63) is 42.0 Å². The van der Waals surface area contributed by atoms with Crippen molar-refractivity contribution in [2.24, 2.45) is 0 Å². The number of carbonyl (C=O) groups is 1. The fourth-order valence-corrected chi connectivity index (χ4v) is 1.46. The number of hydrogen-bond donors (Lipinski definition) is 0. The van der Waals surface area contributed by atoms with Crippen molar-refractivity contribution in [3.8, 4) is 5.75 Å². The Hall–Kier alpha value is -1.61. The van der Waals surface area contributed by atoms with E-state index < -0.39 is 0 Å². The molecule has 0 bridgehead atoms. The maximum absolute atomic E-state index is 11.3. The molecule has 0 heterocycles. The minimum absolute atomic E-state index is 0.0417. The van der Waals surface area contributed by atoms with Gasteiger partial charge in [0.15, 0.2) is 5.78 Å². The van der Waals surface area contributed by atoms with Crippen molar-refractivity contribution in [2.45, 2.75) is 20.0 Å². The van der Waals surface area contributed by atoms with Crippen LogP contribution in [0.3, 0.4) is 0 Å². The summed E-state index contributed by atoms with van der Waals surface area (Å²) in [6, 6.07) is 5.37. The van der Waals surface area contributed by atoms with Gasteiger partial charge in [0.2, 0.25) is 0 Å². The number of hydrogen-bond acceptors (Lipinski definition) is 3. The number of Topliss-reactive ketones (excluding diaryl/α,β-unsaturated/α-hetero) is 1. The van der Waals surface area contributed by atoms with Gasteiger partial charge in [0.1, 0.15) is 5.75 Å². The fraction of sp³-hybridized carbons (Fsp3) is 0.357. The third-order valence-corrected chi connectivity index (χ3v) is 2.41. The molecule has 0 amide bonds. The second-order valence-corrected chi connectivity index (χ2v) is 3.71. The largest absolute Gasteiger partial charge is 0.496 e. The van der Waals surface area contributed by atoms with Crippen molar-refractivity contribution >= 4 is 5.78 Å². The Bertz CT molecular complexity index is 396. The summed E-state index contributed by atoms with van der Waals surface area (Å²) in [6.45, 7) is 6.24. The molecule has 1 aromatic rings. The van der Waals surface area contributed by atoms with Crippen LogP contribution >= 0.6 is 0 Å². The minimum Gasteiger partial charge on any atom is -0.496 e. The molecule has 3 nitrogen and oxygen atoms in total. The zero-order valence-corrected chi connectivity index (χ0v) is 10.4. The van der Waals surface area contributed by atoms with Gasteiger partial charge in [0.05, 0.1) is 20.3 Å². The van der Waals surface area contributed by atoms with Gasteiger partial charge in [-0.2, -0.15) is 0 Å². The van der Waals surface area contributed by atoms with E-state index in [0.717, 1.165) is 17.7 Å². The fourth-order valence-electron chi connectivity index (χ4n) is 1.46. The molecule has 0 saturated heterocycles. The van der Waals surface area contributed by atoms with E-state index in [1.165, 1.54) is 0 Å². The molecule has 3 heteroatoms. The van der Waals surface area contributed by atoms with E-state index in [1.807, 2.05) is 12.1 Å². The molecule has 0 aliphatic rings. The average Bonchev–Trinajstić information content (AvgIpc) is 2.34. The number of methoxy groups -OCH3 is 1. The monoisotopic (exact) mass is 234 g/mol. The maximum Gasteiger partial charge on any atom is 0.159 e. The van der Waals surface area contributed by atoms with Crippen LogP contribution in [0.2, 0.25) is 0 Å². The van der Waals surface area contributed by atoms with E-state index in [1.54, 1.807) is 26.2 Å². The predicted octanol–water partition coefficient (Wildman–Crippen LogP) is 2.99. The van der Waals surface area contributed by atoms with Crippen LogP contribution in [0.1, 0.15) is 29.3 Å². The highest BCUT2D eigenvalue weighted by atomic mass is 16.5. The minimum atomic E-state index is 0.0417. The quantitative estimate of drug-likeness (QED) is 0.413. The van der Waals surface area contributed by atoms with E-state index in [-0.39, 0.29) is 5.78 Å². The van der Waals surface area contributed by atoms with Gasteiger partial charge in [-0.15, -0.1) is 6.58 Å². The van der Waals surface area contributed by atoms with Crippen molar-refractivity contribution < 1.29 is 14.3 Å². The van der Waals surface area contributed by atoms with Gasteiger partial charge < -0.3 is 9.47 Å². The smallest absolute Gasteiger partial charge is 0.159 e. The Balaban J connectivity index is 2.75. The number of ketones is 1. The van der Waals surface area contributed by atoms with Gasteiger partial charge in [-0.1, -0.05) is 6.08 Å². The first kappa shape index (κ1) is 13.5. The van der Waals surface area contributed by atoms with E-state index >= 15 is 0 Å². The number of benzene rings is 1. The van der Waals surface area contributed by atoms with Gasteiger partial charge in [-0.3, -0.25) is 4.79 Å². The molecule has 0 fully saturated rings. The predicted molar refractivity (Wildman–Crippen MR) is 67.5 cm³/mol. The molecule has 92 valence electrons. The molecule has 0 spiro atoms. The lowest BCUT2D eigenvalue weighted by molar-refractivity contribution is 0.101. The van der Waals surface area contributed by atoms with Gasteiger partial charge in [-0.05, 0) is 31.5 Å². The zero-order chi connectivity index (χ0) is 12.7. The van der Waals surface area contributed by atoms with Crippen LogP contribution in [0.4, 0.5) is 0 Å². The summed E-state index contributed by atoms with van der Waals surface area (Å²) in [5, 5.41) is 0. The zero-order valence-electron chi connectivity index (χ0n) is 10.4. The van der Waals surface area contributed by atoms with Crippen molar-refractivity contribution in [3.63, 3.8) is 0 Å². The Morgan fingerprint density at radius 2 is 2.24 bits per heavy atom. The molecular weight excluding hydrogens is 216 g/mol. The highest BCUT2D eigenvalue weighted by Gasteiger charge is 2.07. The van der Waals surface area contributed by atoms with Crippen molar-refractivity contribution in [1.29, 1.82) is 0 Å². The van der Waals surface area contributed by atoms with E-state index in [0.29, 0.717) is 18.8 Å². The molecule has 0 saturated carbocycles. The van der Waals surface area contributed by atoms with Crippen LogP contribution in [0, 0.1) is 0 Å². The average molecular weight is 234 g/mol. The third-order valence-electron chi connectivity index (χ3n) is 2.41. The molecule has 0 aromatic heterocycles. The van der Waals surface area contributed by atoms with Crippen LogP contribution in [0.15, 0.2) is 30.9 Å². The molecule has 0 atom stereocenters. The first-order chi connectivity index (χ1) is 8.19. The third kappa shape index (κ3) is 4.04. The Labute approximate surface area is 102 Å². The number of carbonyl (C=O) groups excluding carboxylic acids is 1. The molecule has 0 aliphatic heterocycles. The lowest BCUT2D eigenvalue weighted by Gasteiger charge is -2.10. The van der Waals surface area contributed by atoms with Crippen LogP contribution in [-0.4, -0.2) is 19.5 Å². The standard InChI is InChI=1S/C14H18O3/c1-4-5-8-17-10-13-9-12(11(2)15)6-7-14(13)16-3/h4,6-7,9H,1,5,8,10H2,2-3H3. The van der Waals surface area contributed by atoms with Crippen LogP contribution < -0.4 is 4.74 Å². The summed E-state index contributed by atoms with van der Waals surface area (Å²) >= 11 is 0. The summed E-state index contributed by atoms with van der Waals surface area (Å²) < 4.78 is 10.7. The molecule has 1 aromatic carbocycles. The maximum atomic E-state index is 11.3. The Morgan fingerprint density at radius 1 is 1.47 bits per heavy atom.